The molecule has 5 nitrogen and oxygen atoms in total. The van der Waals surface area contributed by atoms with Gasteiger partial charge in [-0.3, -0.25) is 0 Å². The molecule has 7 heteroatoms. The molecule has 1 aliphatic rings. The van der Waals surface area contributed by atoms with Crippen LogP contribution in [0.2, 0.25) is 5.02 Å². The van der Waals surface area contributed by atoms with Crippen molar-refractivity contribution in [1.29, 1.82) is 5.26 Å². The lowest BCUT2D eigenvalue weighted by Crippen LogP contribution is -2.40. The molecule has 0 aliphatic carbocycles. The van der Waals surface area contributed by atoms with E-state index in [1.807, 2.05) is 6.07 Å². The molecule has 1 aromatic carbocycles. The van der Waals surface area contributed by atoms with Crippen LogP contribution >= 0.6 is 11.6 Å². The van der Waals surface area contributed by atoms with E-state index in [9.17, 15) is 8.42 Å². The Balaban J connectivity index is 2.30. The molecule has 0 unspecified atom stereocenters. The normalized spacial score (nSPS) is 17.9. The molecule has 0 N–H and O–H groups in total. The van der Waals surface area contributed by atoms with Crippen LogP contribution in [-0.4, -0.2) is 39.0 Å². The molecule has 0 saturated carbocycles. The maximum atomic E-state index is 12.6. The minimum absolute atomic E-state index is 0.00548. The second-order valence-corrected chi connectivity index (χ2v) is 6.91. The summed E-state index contributed by atoms with van der Waals surface area (Å²) in [5.74, 6) is 0. The highest BCUT2D eigenvalue weighted by molar-refractivity contribution is 7.89. The Labute approximate surface area is 123 Å². The molecule has 1 aliphatic heterocycles. The van der Waals surface area contributed by atoms with Crippen LogP contribution in [0.25, 0.3) is 0 Å². The van der Waals surface area contributed by atoms with Gasteiger partial charge in [-0.2, -0.15) is 9.57 Å². The van der Waals surface area contributed by atoms with Gasteiger partial charge in [-0.25, -0.2) is 8.42 Å². The summed E-state index contributed by atoms with van der Waals surface area (Å²) in [6.45, 7) is 0.794. The summed E-state index contributed by atoms with van der Waals surface area (Å²) in [5, 5.41) is 9.01. The molecule has 1 saturated heterocycles. The second kappa shape index (κ2) is 6.10. The first-order valence-electron chi connectivity index (χ1n) is 6.21. The molecular formula is C13H15ClN2O3S. The molecule has 0 radical (unpaired) electrons. The number of hydrogen-bond donors (Lipinski definition) is 0. The van der Waals surface area contributed by atoms with E-state index in [0.717, 1.165) is 0 Å². The molecule has 1 heterocycles. The largest absolute Gasteiger partial charge is 0.381 e. The Hall–Kier alpha value is -1.13. The topological polar surface area (TPSA) is 70.4 Å². The summed E-state index contributed by atoms with van der Waals surface area (Å²) < 4.78 is 31.7. The highest BCUT2D eigenvalue weighted by atomic mass is 35.5. The highest BCUT2D eigenvalue weighted by Gasteiger charge is 2.31. The predicted molar refractivity (Wildman–Crippen MR) is 75.0 cm³/mol. The average molecular weight is 315 g/mol. The van der Waals surface area contributed by atoms with Crippen molar-refractivity contribution in [3.63, 3.8) is 0 Å². The monoisotopic (exact) mass is 314 g/mol. The van der Waals surface area contributed by atoms with E-state index in [-0.39, 0.29) is 21.6 Å². The lowest BCUT2D eigenvalue weighted by Gasteiger charge is -2.30. The Bertz CT molecular complexity index is 632. The van der Waals surface area contributed by atoms with Gasteiger partial charge in [0.05, 0.1) is 22.8 Å². The zero-order chi connectivity index (χ0) is 14.8. The Morgan fingerprint density at radius 1 is 1.40 bits per heavy atom. The highest BCUT2D eigenvalue weighted by Crippen LogP contribution is 2.28. The number of piperidine rings is 1. The molecule has 1 aromatic rings. The van der Waals surface area contributed by atoms with E-state index in [0.29, 0.717) is 25.9 Å². The number of halogens is 1. The smallest absolute Gasteiger partial charge is 0.244 e. The predicted octanol–water partition coefficient (Wildman–Crippen LogP) is 2.01. The summed E-state index contributed by atoms with van der Waals surface area (Å²) in [6, 6.07) is 6.18. The first kappa shape index (κ1) is 15.3. The molecule has 108 valence electrons. The van der Waals surface area contributed by atoms with Gasteiger partial charge in [0, 0.05) is 20.2 Å². The van der Waals surface area contributed by atoms with Crippen LogP contribution in [-0.2, 0) is 14.8 Å². The van der Waals surface area contributed by atoms with Crippen molar-refractivity contribution >= 4 is 21.6 Å². The van der Waals surface area contributed by atoms with E-state index in [2.05, 4.69) is 0 Å². The number of benzene rings is 1. The molecule has 0 atom stereocenters. The first-order valence-corrected chi connectivity index (χ1v) is 8.03. The number of nitrogens with zero attached hydrogens (tertiary/aromatic N) is 2. The van der Waals surface area contributed by atoms with E-state index < -0.39 is 10.0 Å². The quantitative estimate of drug-likeness (QED) is 0.855. The van der Waals surface area contributed by atoms with Crippen LogP contribution in [0.1, 0.15) is 18.4 Å². The molecule has 0 amide bonds. The van der Waals surface area contributed by atoms with Crippen molar-refractivity contribution in [3.8, 4) is 6.07 Å². The minimum Gasteiger partial charge on any atom is -0.381 e. The number of rotatable bonds is 3. The molecule has 0 aromatic heterocycles. The van der Waals surface area contributed by atoms with Crippen LogP contribution < -0.4 is 0 Å². The fourth-order valence-electron chi connectivity index (χ4n) is 2.22. The average Bonchev–Trinajstić information content (AvgIpc) is 2.47. The Morgan fingerprint density at radius 3 is 2.60 bits per heavy atom. The van der Waals surface area contributed by atoms with Gasteiger partial charge in [0.25, 0.3) is 0 Å². The van der Waals surface area contributed by atoms with Crippen molar-refractivity contribution in [2.75, 3.05) is 20.2 Å². The van der Waals surface area contributed by atoms with Crippen LogP contribution in [0, 0.1) is 11.3 Å². The number of nitriles is 1. The van der Waals surface area contributed by atoms with Gasteiger partial charge in [0.1, 0.15) is 4.90 Å². The fourth-order valence-corrected chi connectivity index (χ4v) is 4.19. The van der Waals surface area contributed by atoms with Gasteiger partial charge in [-0.1, -0.05) is 11.6 Å². The van der Waals surface area contributed by atoms with Crippen molar-refractivity contribution < 1.29 is 13.2 Å². The van der Waals surface area contributed by atoms with Crippen molar-refractivity contribution in [1.82, 2.24) is 4.31 Å². The van der Waals surface area contributed by atoms with Crippen molar-refractivity contribution in [2.45, 2.75) is 23.8 Å². The second-order valence-electron chi connectivity index (χ2n) is 4.60. The van der Waals surface area contributed by atoms with Gasteiger partial charge < -0.3 is 4.74 Å². The van der Waals surface area contributed by atoms with E-state index in [1.54, 1.807) is 7.11 Å². The van der Waals surface area contributed by atoms with Crippen molar-refractivity contribution in [2.24, 2.45) is 0 Å². The first-order chi connectivity index (χ1) is 9.48. The molecule has 2 rings (SSSR count). The summed E-state index contributed by atoms with van der Waals surface area (Å²) >= 11 is 5.97. The van der Waals surface area contributed by atoms with Crippen LogP contribution in [0.15, 0.2) is 23.1 Å². The molecular weight excluding hydrogens is 300 g/mol. The Kier molecular flexibility index (Phi) is 4.66. The van der Waals surface area contributed by atoms with Gasteiger partial charge in [-0.15, -0.1) is 0 Å². The van der Waals surface area contributed by atoms with Crippen LogP contribution in [0.3, 0.4) is 0 Å². The zero-order valence-corrected chi connectivity index (χ0v) is 12.6. The third kappa shape index (κ3) is 2.96. The number of methoxy groups -OCH3 is 1. The summed E-state index contributed by atoms with van der Waals surface area (Å²) in [4.78, 5) is -0.00548. The lowest BCUT2D eigenvalue weighted by atomic mass is 10.1. The third-order valence-corrected chi connectivity index (χ3v) is 5.79. The fraction of sp³-hybridized carbons (Fsp3) is 0.462. The number of ether oxygens (including phenoxy) is 1. The number of sulfonamides is 1. The molecule has 0 spiro atoms. The SMILES string of the molecule is COC1CCN(S(=O)(=O)c2cc(C#N)ccc2Cl)CC1. The van der Waals surface area contributed by atoms with Gasteiger partial charge >= 0.3 is 0 Å². The van der Waals surface area contributed by atoms with E-state index in [4.69, 9.17) is 21.6 Å². The van der Waals surface area contributed by atoms with Crippen molar-refractivity contribution in [3.05, 3.63) is 28.8 Å². The summed E-state index contributed by atoms with van der Waals surface area (Å²) in [6.07, 6.45) is 1.42. The maximum absolute atomic E-state index is 12.6. The Morgan fingerprint density at radius 2 is 2.05 bits per heavy atom. The van der Waals surface area contributed by atoms with Crippen LogP contribution in [0.5, 0.6) is 0 Å². The third-order valence-electron chi connectivity index (χ3n) is 3.41. The lowest BCUT2D eigenvalue weighted by molar-refractivity contribution is 0.0604. The zero-order valence-electron chi connectivity index (χ0n) is 11.0. The van der Waals surface area contributed by atoms with Gasteiger partial charge in [0.15, 0.2) is 0 Å². The van der Waals surface area contributed by atoms with E-state index >= 15 is 0 Å². The summed E-state index contributed by atoms with van der Waals surface area (Å²) in [5.41, 5.74) is 0.278. The maximum Gasteiger partial charge on any atom is 0.244 e. The molecule has 20 heavy (non-hydrogen) atoms. The summed E-state index contributed by atoms with van der Waals surface area (Å²) in [7, 11) is -2.04. The van der Waals surface area contributed by atoms with Crippen LogP contribution in [0.4, 0.5) is 0 Å². The van der Waals surface area contributed by atoms with E-state index in [1.165, 1.54) is 22.5 Å². The standard InChI is InChI=1S/C13H15ClN2O3S/c1-19-11-4-6-16(7-5-11)20(17,18)13-8-10(9-15)2-3-12(13)14/h2-3,8,11H,4-7H2,1H3. The molecule has 1 fully saturated rings. The number of hydrogen-bond acceptors (Lipinski definition) is 4. The van der Waals surface area contributed by atoms with Gasteiger partial charge in [-0.05, 0) is 31.0 Å². The minimum atomic E-state index is -3.66. The molecule has 0 bridgehead atoms. The van der Waals surface area contributed by atoms with Gasteiger partial charge in [0.2, 0.25) is 10.0 Å².